The van der Waals surface area contributed by atoms with Gasteiger partial charge in [-0.15, -0.1) is 0 Å². The minimum Gasteiger partial charge on any atom is -0.398 e. The van der Waals surface area contributed by atoms with E-state index in [-0.39, 0.29) is 5.82 Å². The topological polar surface area (TPSA) is 38.9 Å². The Morgan fingerprint density at radius 3 is 2.71 bits per heavy atom. The summed E-state index contributed by atoms with van der Waals surface area (Å²) in [4.78, 5) is 4.20. The summed E-state index contributed by atoms with van der Waals surface area (Å²) in [7, 11) is 0. The van der Waals surface area contributed by atoms with Crippen LogP contribution in [0.25, 0.3) is 11.3 Å². The minimum atomic E-state index is -0.263. The van der Waals surface area contributed by atoms with E-state index in [1.165, 1.54) is 6.07 Å². The Kier molecular flexibility index (Phi) is 3.38. The van der Waals surface area contributed by atoms with E-state index >= 15 is 0 Å². The Bertz CT molecular complexity index is 509. The highest BCUT2D eigenvalue weighted by Gasteiger charge is 2.13. The number of aromatic nitrogens is 1. The number of nitrogens with two attached hydrogens (primary N) is 1. The first-order valence-electron chi connectivity index (χ1n) is 5.72. The van der Waals surface area contributed by atoms with E-state index in [1.807, 2.05) is 19.1 Å². The molecule has 0 bridgehead atoms. The zero-order valence-electron chi connectivity index (χ0n) is 9.78. The molecular weight excluding hydrogens is 215 g/mol. The lowest BCUT2D eigenvalue weighted by Crippen LogP contribution is -2.00. The summed E-state index contributed by atoms with van der Waals surface area (Å²) in [5.74, 6) is -0.263. The van der Waals surface area contributed by atoms with Gasteiger partial charge < -0.3 is 5.73 Å². The van der Waals surface area contributed by atoms with Gasteiger partial charge in [-0.05, 0) is 36.2 Å². The average molecular weight is 230 g/mol. The first kappa shape index (κ1) is 11.6. The van der Waals surface area contributed by atoms with Crippen molar-refractivity contribution in [3.8, 4) is 11.3 Å². The molecule has 0 amide bonds. The van der Waals surface area contributed by atoms with Gasteiger partial charge in [0.25, 0.3) is 0 Å². The zero-order valence-corrected chi connectivity index (χ0v) is 9.78. The van der Waals surface area contributed by atoms with Gasteiger partial charge in [0, 0.05) is 17.4 Å². The lowest BCUT2D eigenvalue weighted by atomic mass is 9.98. The van der Waals surface area contributed by atoms with Gasteiger partial charge in [-0.25, -0.2) is 4.39 Å². The Labute approximate surface area is 100 Å². The number of nitrogen functional groups attached to an aromatic ring is 1. The first-order chi connectivity index (χ1) is 8.24. The van der Waals surface area contributed by atoms with Gasteiger partial charge in [0.15, 0.2) is 0 Å². The van der Waals surface area contributed by atoms with Crippen molar-refractivity contribution in [1.29, 1.82) is 0 Å². The SMILES string of the molecule is CCCc1c(N)ccc(F)c1-c1ccccn1. The predicted octanol–water partition coefficient (Wildman–Crippen LogP) is 3.42. The number of hydrogen-bond donors (Lipinski definition) is 1. The number of halogens is 1. The van der Waals surface area contributed by atoms with Crippen LogP contribution in [0.3, 0.4) is 0 Å². The van der Waals surface area contributed by atoms with Crippen molar-refractivity contribution in [1.82, 2.24) is 4.98 Å². The van der Waals surface area contributed by atoms with Crippen LogP contribution in [-0.2, 0) is 6.42 Å². The minimum absolute atomic E-state index is 0.263. The first-order valence-corrected chi connectivity index (χ1v) is 5.72. The normalized spacial score (nSPS) is 10.5. The van der Waals surface area contributed by atoms with Crippen LogP contribution in [0.1, 0.15) is 18.9 Å². The van der Waals surface area contributed by atoms with Gasteiger partial charge in [-0.3, -0.25) is 4.98 Å². The molecule has 0 saturated carbocycles. The van der Waals surface area contributed by atoms with Crippen molar-refractivity contribution >= 4 is 5.69 Å². The zero-order chi connectivity index (χ0) is 12.3. The van der Waals surface area contributed by atoms with Gasteiger partial charge in [-0.1, -0.05) is 19.4 Å². The number of pyridine rings is 1. The second kappa shape index (κ2) is 4.95. The molecule has 17 heavy (non-hydrogen) atoms. The lowest BCUT2D eigenvalue weighted by molar-refractivity contribution is 0.628. The second-order valence-electron chi connectivity index (χ2n) is 3.96. The van der Waals surface area contributed by atoms with E-state index in [4.69, 9.17) is 5.73 Å². The van der Waals surface area contributed by atoms with Crippen molar-refractivity contribution in [3.63, 3.8) is 0 Å². The lowest BCUT2D eigenvalue weighted by Gasteiger charge is -2.12. The molecule has 2 rings (SSSR count). The van der Waals surface area contributed by atoms with Crippen LogP contribution in [0.4, 0.5) is 10.1 Å². The summed E-state index contributed by atoms with van der Waals surface area (Å²) in [6.45, 7) is 2.05. The third-order valence-electron chi connectivity index (χ3n) is 2.72. The standard InChI is InChI=1S/C14H15FN2/c1-2-5-10-12(16)8-7-11(15)14(10)13-6-3-4-9-17-13/h3-4,6-9H,2,5,16H2,1H3. The van der Waals surface area contributed by atoms with E-state index in [2.05, 4.69) is 4.98 Å². The van der Waals surface area contributed by atoms with E-state index in [1.54, 1.807) is 18.3 Å². The molecule has 0 radical (unpaired) electrons. The Hall–Kier alpha value is -1.90. The third kappa shape index (κ3) is 2.28. The van der Waals surface area contributed by atoms with Gasteiger partial charge in [0.05, 0.1) is 5.69 Å². The van der Waals surface area contributed by atoms with Crippen molar-refractivity contribution in [2.45, 2.75) is 19.8 Å². The highest BCUT2D eigenvalue weighted by molar-refractivity contribution is 5.71. The van der Waals surface area contributed by atoms with Crippen LogP contribution in [0.2, 0.25) is 0 Å². The monoisotopic (exact) mass is 230 g/mol. The van der Waals surface area contributed by atoms with Crippen LogP contribution in [0, 0.1) is 5.82 Å². The molecule has 0 aliphatic heterocycles. The third-order valence-corrected chi connectivity index (χ3v) is 2.72. The van der Waals surface area contributed by atoms with Crippen LogP contribution >= 0.6 is 0 Å². The number of hydrogen-bond acceptors (Lipinski definition) is 2. The summed E-state index contributed by atoms with van der Waals surface area (Å²) < 4.78 is 13.9. The smallest absolute Gasteiger partial charge is 0.133 e. The molecule has 0 aliphatic carbocycles. The van der Waals surface area contributed by atoms with Crippen LogP contribution in [0.15, 0.2) is 36.5 Å². The van der Waals surface area contributed by atoms with Gasteiger partial charge in [-0.2, -0.15) is 0 Å². The highest BCUT2D eigenvalue weighted by atomic mass is 19.1. The quantitative estimate of drug-likeness (QED) is 0.820. The summed E-state index contributed by atoms with van der Waals surface area (Å²) in [5.41, 5.74) is 8.58. The van der Waals surface area contributed by atoms with Crippen LogP contribution in [0.5, 0.6) is 0 Å². The summed E-state index contributed by atoms with van der Waals surface area (Å²) in [6.07, 6.45) is 3.34. The molecule has 1 aromatic heterocycles. The van der Waals surface area contributed by atoms with Crippen LogP contribution in [-0.4, -0.2) is 4.98 Å². The van der Waals surface area contributed by atoms with Crippen molar-refractivity contribution in [3.05, 3.63) is 47.9 Å². The molecular formula is C14H15FN2. The van der Waals surface area contributed by atoms with E-state index < -0.39 is 0 Å². The predicted molar refractivity (Wildman–Crippen MR) is 68.0 cm³/mol. The fraction of sp³-hybridized carbons (Fsp3) is 0.214. The summed E-state index contributed by atoms with van der Waals surface area (Å²) in [5, 5.41) is 0. The molecule has 3 heteroatoms. The summed E-state index contributed by atoms with van der Waals surface area (Å²) >= 11 is 0. The second-order valence-corrected chi connectivity index (χ2v) is 3.96. The molecule has 0 atom stereocenters. The highest BCUT2D eigenvalue weighted by Crippen LogP contribution is 2.30. The van der Waals surface area contributed by atoms with Gasteiger partial charge in [0.1, 0.15) is 5.82 Å². The van der Waals surface area contributed by atoms with Crippen molar-refractivity contribution in [2.24, 2.45) is 0 Å². The maximum Gasteiger partial charge on any atom is 0.133 e. The van der Waals surface area contributed by atoms with E-state index in [0.717, 1.165) is 18.4 Å². The fourth-order valence-corrected chi connectivity index (χ4v) is 1.94. The number of nitrogens with zero attached hydrogens (tertiary/aromatic N) is 1. The molecule has 0 aliphatic rings. The molecule has 2 aromatic rings. The van der Waals surface area contributed by atoms with Crippen LogP contribution < -0.4 is 5.73 Å². The molecule has 0 saturated heterocycles. The maximum atomic E-state index is 13.9. The average Bonchev–Trinajstić information content (AvgIpc) is 2.35. The maximum absolute atomic E-state index is 13.9. The van der Waals surface area contributed by atoms with Crippen molar-refractivity contribution in [2.75, 3.05) is 5.73 Å². The van der Waals surface area contributed by atoms with Gasteiger partial charge >= 0.3 is 0 Å². The molecule has 2 nitrogen and oxygen atoms in total. The molecule has 2 N–H and O–H groups in total. The summed E-state index contributed by atoms with van der Waals surface area (Å²) in [6, 6.07) is 8.48. The molecule has 0 spiro atoms. The largest absolute Gasteiger partial charge is 0.398 e. The Balaban J connectivity index is 2.63. The molecule has 0 fully saturated rings. The molecule has 0 unspecified atom stereocenters. The fourth-order valence-electron chi connectivity index (χ4n) is 1.94. The molecule has 1 aromatic carbocycles. The van der Waals surface area contributed by atoms with E-state index in [9.17, 15) is 4.39 Å². The molecule has 88 valence electrons. The van der Waals surface area contributed by atoms with Gasteiger partial charge in [0.2, 0.25) is 0 Å². The number of benzene rings is 1. The molecule has 1 heterocycles. The number of anilines is 1. The Morgan fingerprint density at radius 1 is 1.24 bits per heavy atom. The van der Waals surface area contributed by atoms with E-state index in [0.29, 0.717) is 16.9 Å². The Morgan fingerprint density at radius 2 is 2.06 bits per heavy atom. The number of rotatable bonds is 3. The van der Waals surface area contributed by atoms with Crippen molar-refractivity contribution < 1.29 is 4.39 Å².